The molecule has 0 bridgehead atoms. The highest BCUT2D eigenvalue weighted by Gasteiger charge is 2.21. The van der Waals surface area contributed by atoms with Gasteiger partial charge in [-0.3, -0.25) is 0 Å². The van der Waals surface area contributed by atoms with Gasteiger partial charge in [0, 0.05) is 6.04 Å². The molecule has 0 aliphatic carbocycles. The monoisotopic (exact) mass is 289 g/mol. The minimum absolute atomic E-state index is 0.0636. The molecule has 0 aliphatic heterocycles. The summed E-state index contributed by atoms with van der Waals surface area (Å²) in [7, 11) is 1.87. The summed E-state index contributed by atoms with van der Waals surface area (Å²) in [6, 6.07) is 13.9. The molecule has 1 N–H and O–H groups in total. The zero-order valence-electron chi connectivity index (χ0n) is 12.4. The van der Waals surface area contributed by atoms with Gasteiger partial charge in [-0.1, -0.05) is 37.3 Å². The maximum Gasteiger partial charge on any atom is 0.126 e. The Kier molecular flexibility index (Phi) is 5.45. The lowest BCUT2D eigenvalue weighted by atomic mass is 9.85. The Labute approximate surface area is 125 Å². The number of hydrogen-bond acceptors (Lipinski definition) is 1. The van der Waals surface area contributed by atoms with Crippen LogP contribution in [0.5, 0.6) is 0 Å². The topological polar surface area (TPSA) is 12.0 Å². The Balaban J connectivity index is 2.24. The van der Waals surface area contributed by atoms with Crippen molar-refractivity contribution in [3.8, 4) is 0 Å². The predicted molar refractivity (Wildman–Crippen MR) is 82.4 cm³/mol. The Morgan fingerprint density at radius 2 is 1.76 bits per heavy atom. The molecule has 2 atom stereocenters. The standard InChI is InChI=1S/C18H21F2N/c1-3-16(13-7-5-4-6-8-13)18(21-2)12-14-11-15(19)9-10-17(14)20/h4-11,16,18,21H,3,12H2,1-2H3. The van der Waals surface area contributed by atoms with Crippen molar-refractivity contribution in [2.24, 2.45) is 0 Å². The first-order valence-electron chi connectivity index (χ1n) is 7.31. The van der Waals surface area contributed by atoms with Crippen LogP contribution in [0.15, 0.2) is 48.5 Å². The van der Waals surface area contributed by atoms with E-state index in [0.29, 0.717) is 12.0 Å². The fourth-order valence-electron chi connectivity index (χ4n) is 2.83. The second kappa shape index (κ2) is 7.32. The van der Waals surface area contributed by atoms with Gasteiger partial charge in [-0.15, -0.1) is 0 Å². The average Bonchev–Trinajstić information content (AvgIpc) is 2.51. The molecule has 0 amide bonds. The van der Waals surface area contributed by atoms with E-state index in [4.69, 9.17) is 0 Å². The van der Waals surface area contributed by atoms with Crippen LogP contribution in [0.3, 0.4) is 0 Å². The van der Waals surface area contributed by atoms with Crippen molar-refractivity contribution in [1.29, 1.82) is 0 Å². The first kappa shape index (κ1) is 15.6. The summed E-state index contributed by atoms with van der Waals surface area (Å²) >= 11 is 0. The van der Waals surface area contributed by atoms with Crippen molar-refractivity contribution >= 4 is 0 Å². The Morgan fingerprint density at radius 3 is 2.38 bits per heavy atom. The van der Waals surface area contributed by atoms with Crippen LogP contribution in [0.1, 0.15) is 30.4 Å². The van der Waals surface area contributed by atoms with E-state index in [-0.39, 0.29) is 17.8 Å². The lowest BCUT2D eigenvalue weighted by Crippen LogP contribution is -2.34. The maximum atomic E-state index is 13.8. The number of nitrogens with one attached hydrogen (secondary N) is 1. The molecule has 0 aromatic heterocycles. The molecule has 0 spiro atoms. The summed E-state index contributed by atoms with van der Waals surface area (Å²) in [5, 5.41) is 3.26. The highest BCUT2D eigenvalue weighted by atomic mass is 19.1. The molecular formula is C18H21F2N. The molecule has 2 rings (SSSR count). The van der Waals surface area contributed by atoms with Gasteiger partial charge in [-0.25, -0.2) is 8.78 Å². The first-order valence-corrected chi connectivity index (χ1v) is 7.31. The van der Waals surface area contributed by atoms with Crippen LogP contribution in [0.4, 0.5) is 8.78 Å². The third-order valence-corrected chi connectivity index (χ3v) is 3.97. The Hall–Kier alpha value is -1.74. The van der Waals surface area contributed by atoms with Crippen molar-refractivity contribution in [3.05, 3.63) is 71.3 Å². The van der Waals surface area contributed by atoms with E-state index in [1.54, 1.807) is 0 Å². The number of hydrogen-bond donors (Lipinski definition) is 1. The van der Waals surface area contributed by atoms with Gasteiger partial charge in [0.25, 0.3) is 0 Å². The zero-order chi connectivity index (χ0) is 15.2. The van der Waals surface area contributed by atoms with Gasteiger partial charge in [-0.05, 0) is 55.1 Å². The highest BCUT2D eigenvalue weighted by molar-refractivity contribution is 5.25. The summed E-state index contributed by atoms with van der Waals surface area (Å²) in [5.41, 5.74) is 1.64. The van der Waals surface area contributed by atoms with E-state index in [0.717, 1.165) is 12.5 Å². The van der Waals surface area contributed by atoms with E-state index >= 15 is 0 Å². The number of benzene rings is 2. The van der Waals surface area contributed by atoms with Crippen LogP contribution in [-0.2, 0) is 6.42 Å². The molecule has 2 aromatic rings. The highest BCUT2D eigenvalue weighted by Crippen LogP contribution is 2.26. The molecule has 3 heteroatoms. The Bertz CT molecular complexity index is 569. The van der Waals surface area contributed by atoms with Crippen molar-refractivity contribution < 1.29 is 8.78 Å². The zero-order valence-corrected chi connectivity index (χ0v) is 12.4. The molecule has 112 valence electrons. The van der Waals surface area contributed by atoms with E-state index in [1.165, 1.54) is 17.7 Å². The summed E-state index contributed by atoms with van der Waals surface area (Å²) < 4.78 is 27.2. The molecule has 2 unspecified atom stereocenters. The molecule has 0 aliphatic rings. The number of halogens is 2. The largest absolute Gasteiger partial charge is 0.316 e. The normalized spacial score (nSPS) is 13.9. The summed E-state index contributed by atoms with van der Waals surface area (Å²) in [4.78, 5) is 0. The van der Waals surface area contributed by atoms with Crippen molar-refractivity contribution in [1.82, 2.24) is 5.32 Å². The van der Waals surface area contributed by atoms with E-state index in [9.17, 15) is 8.78 Å². The van der Waals surface area contributed by atoms with Crippen molar-refractivity contribution in [3.63, 3.8) is 0 Å². The number of likely N-dealkylation sites (N-methyl/N-ethyl adjacent to an activating group) is 1. The fourth-order valence-corrected chi connectivity index (χ4v) is 2.83. The van der Waals surface area contributed by atoms with Crippen LogP contribution in [0, 0.1) is 11.6 Å². The molecule has 0 saturated heterocycles. The van der Waals surface area contributed by atoms with Crippen molar-refractivity contribution in [2.75, 3.05) is 7.05 Å². The smallest absolute Gasteiger partial charge is 0.126 e. The summed E-state index contributed by atoms with van der Waals surface area (Å²) in [6.45, 7) is 2.12. The SMILES string of the molecule is CCC(c1ccccc1)C(Cc1cc(F)ccc1F)NC. The first-order chi connectivity index (χ1) is 10.2. The van der Waals surface area contributed by atoms with Gasteiger partial charge in [-0.2, -0.15) is 0 Å². The third kappa shape index (κ3) is 3.88. The molecule has 0 fully saturated rings. The summed E-state index contributed by atoms with van der Waals surface area (Å²) in [6.07, 6.45) is 1.40. The predicted octanol–water partition coefficient (Wildman–Crippen LogP) is 4.29. The molecule has 0 heterocycles. The van der Waals surface area contributed by atoms with Gasteiger partial charge < -0.3 is 5.32 Å². The van der Waals surface area contributed by atoms with Gasteiger partial charge in [0.1, 0.15) is 11.6 Å². The van der Waals surface area contributed by atoms with Crippen LogP contribution < -0.4 is 5.32 Å². The lowest BCUT2D eigenvalue weighted by molar-refractivity contribution is 0.440. The molecule has 21 heavy (non-hydrogen) atoms. The molecule has 2 aromatic carbocycles. The fraction of sp³-hybridized carbons (Fsp3) is 0.333. The van der Waals surface area contributed by atoms with Crippen LogP contribution >= 0.6 is 0 Å². The quantitative estimate of drug-likeness (QED) is 0.836. The summed E-state index contributed by atoms with van der Waals surface area (Å²) in [5.74, 6) is -0.479. The van der Waals surface area contributed by atoms with Gasteiger partial charge >= 0.3 is 0 Å². The van der Waals surface area contributed by atoms with E-state index in [2.05, 4.69) is 24.4 Å². The van der Waals surface area contributed by atoms with Gasteiger partial charge in [0.2, 0.25) is 0 Å². The Morgan fingerprint density at radius 1 is 1.05 bits per heavy atom. The van der Waals surface area contributed by atoms with Crippen LogP contribution in [0.2, 0.25) is 0 Å². The van der Waals surface area contributed by atoms with Crippen LogP contribution in [0.25, 0.3) is 0 Å². The van der Waals surface area contributed by atoms with E-state index in [1.807, 2.05) is 25.2 Å². The minimum atomic E-state index is -0.394. The second-order valence-corrected chi connectivity index (χ2v) is 5.26. The maximum absolute atomic E-state index is 13.8. The molecule has 1 nitrogen and oxygen atoms in total. The second-order valence-electron chi connectivity index (χ2n) is 5.26. The van der Waals surface area contributed by atoms with Crippen molar-refractivity contribution in [2.45, 2.75) is 31.7 Å². The average molecular weight is 289 g/mol. The minimum Gasteiger partial charge on any atom is -0.316 e. The molecular weight excluding hydrogens is 268 g/mol. The van der Waals surface area contributed by atoms with Gasteiger partial charge in [0.15, 0.2) is 0 Å². The van der Waals surface area contributed by atoms with Gasteiger partial charge in [0.05, 0.1) is 0 Å². The third-order valence-electron chi connectivity index (χ3n) is 3.97. The lowest BCUT2D eigenvalue weighted by Gasteiger charge is -2.26. The molecule has 0 saturated carbocycles. The van der Waals surface area contributed by atoms with E-state index < -0.39 is 5.82 Å². The number of rotatable bonds is 6. The molecule has 0 radical (unpaired) electrons. The van der Waals surface area contributed by atoms with Crippen LogP contribution in [-0.4, -0.2) is 13.1 Å².